The van der Waals surface area contributed by atoms with Gasteiger partial charge in [-0.3, -0.25) is 0 Å². The fourth-order valence-electron chi connectivity index (χ4n) is 2.11. The van der Waals surface area contributed by atoms with Crippen LogP contribution in [0.1, 0.15) is 12.8 Å². The number of rotatable bonds is 4. The molecule has 0 radical (unpaired) electrons. The zero-order chi connectivity index (χ0) is 13.0. The van der Waals surface area contributed by atoms with Gasteiger partial charge < -0.3 is 20.1 Å². The summed E-state index contributed by atoms with van der Waals surface area (Å²) in [6.07, 6.45) is 2.17. The predicted octanol–water partition coefficient (Wildman–Crippen LogP) is 0.669. The van der Waals surface area contributed by atoms with Crippen LogP contribution in [0.3, 0.4) is 0 Å². The molecule has 6 nitrogen and oxygen atoms in total. The smallest absolute Gasteiger partial charge is 0.231 e. The van der Waals surface area contributed by atoms with Crippen LogP contribution < -0.4 is 20.1 Å². The second kappa shape index (κ2) is 5.86. The lowest BCUT2D eigenvalue weighted by Gasteiger charge is -2.31. The van der Waals surface area contributed by atoms with Gasteiger partial charge in [-0.15, -0.1) is 0 Å². The number of aromatic nitrogens is 2. The van der Waals surface area contributed by atoms with Crippen molar-refractivity contribution in [3.63, 3.8) is 0 Å². The average molecular weight is 252 g/mol. The molecule has 18 heavy (non-hydrogen) atoms. The molecule has 0 unspecified atom stereocenters. The first-order chi connectivity index (χ1) is 8.76. The first-order valence-corrected chi connectivity index (χ1v) is 6.19. The average Bonchev–Trinajstić information content (AvgIpc) is 2.46. The summed E-state index contributed by atoms with van der Waals surface area (Å²) in [6.45, 7) is 2.62. The molecule has 0 bridgehead atoms. The Kier molecular flexibility index (Phi) is 4.19. The van der Waals surface area contributed by atoms with E-state index < -0.39 is 0 Å². The van der Waals surface area contributed by atoms with Gasteiger partial charge in [0, 0.05) is 13.1 Å². The maximum absolute atomic E-state index is 5.69. The van der Waals surface area contributed by atoms with Crippen LogP contribution >= 0.6 is 0 Å². The number of nitrogens with zero attached hydrogens (tertiary/aromatic N) is 3. The molecule has 1 aliphatic rings. The van der Waals surface area contributed by atoms with E-state index in [1.54, 1.807) is 20.3 Å². The Morgan fingerprint density at radius 3 is 2.22 bits per heavy atom. The molecule has 0 amide bonds. The van der Waals surface area contributed by atoms with E-state index in [4.69, 9.17) is 15.2 Å². The molecule has 0 atom stereocenters. The van der Waals surface area contributed by atoms with Gasteiger partial charge in [0.05, 0.1) is 20.3 Å². The third kappa shape index (κ3) is 2.81. The minimum Gasteiger partial charge on any atom is -0.481 e. The largest absolute Gasteiger partial charge is 0.481 e. The maximum Gasteiger partial charge on any atom is 0.231 e. The summed E-state index contributed by atoms with van der Waals surface area (Å²) >= 11 is 0. The Morgan fingerprint density at radius 2 is 1.78 bits per heavy atom. The molecular weight excluding hydrogens is 232 g/mol. The standard InChI is InChI=1S/C12H20N4O2/c1-17-10-7-11(18-2)15-12(14-10)16-5-3-9(8-13)4-6-16/h7,9H,3-6,8,13H2,1-2H3. The van der Waals surface area contributed by atoms with Crippen LogP contribution in [-0.4, -0.2) is 43.8 Å². The maximum atomic E-state index is 5.69. The molecule has 1 aliphatic heterocycles. The molecule has 0 aliphatic carbocycles. The summed E-state index contributed by atoms with van der Waals surface area (Å²) in [7, 11) is 3.18. The summed E-state index contributed by atoms with van der Waals surface area (Å²) in [4.78, 5) is 10.9. The first-order valence-electron chi connectivity index (χ1n) is 6.19. The van der Waals surface area contributed by atoms with Gasteiger partial charge >= 0.3 is 0 Å². The Hall–Kier alpha value is -1.56. The monoisotopic (exact) mass is 252 g/mol. The summed E-state index contributed by atoms with van der Waals surface area (Å²) in [5, 5.41) is 0. The van der Waals surface area contributed by atoms with Crippen molar-refractivity contribution < 1.29 is 9.47 Å². The first kappa shape index (κ1) is 12.9. The highest BCUT2D eigenvalue weighted by atomic mass is 16.5. The van der Waals surface area contributed by atoms with Crippen molar-refractivity contribution in [1.82, 2.24) is 9.97 Å². The highest BCUT2D eigenvalue weighted by Gasteiger charge is 2.21. The lowest BCUT2D eigenvalue weighted by molar-refractivity contribution is 0.367. The topological polar surface area (TPSA) is 73.5 Å². The summed E-state index contributed by atoms with van der Waals surface area (Å²) < 4.78 is 10.3. The van der Waals surface area contributed by atoms with Crippen molar-refractivity contribution in [3.05, 3.63) is 6.07 Å². The van der Waals surface area contributed by atoms with E-state index >= 15 is 0 Å². The molecule has 2 rings (SSSR count). The summed E-state index contributed by atoms with van der Waals surface area (Å²) in [5.74, 6) is 2.34. The van der Waals surface area contributed by atoms with Crippen LogP contribution in [0.5, 0.6) is 11.8 Å². The predicted molar refractivity (Wildman–Crippen MR) is 69.1 cm³/mol. The second-order valence-corrected chi connectivity index (χ2v) is 4.42. The van der Waals surface area contributed by atoms with Gasteiger partial charge in [0.1, 0.15) is 0 Å². The zero-order valence-corrected chi connectivity index (χ0v) is 10.9. The van der Waals surface area contributed by atoms with Gasteiger partial charge in [-0.25, -0.2) is 0 Å². The summed E-state index contributed by atoms with van der Waals surface area (Å²) in [6, 6.07) is 1.68. The Morgan fingerprint density at radius 1 is 1.22 bits per heavy atom. The number of ether oxygens (including phenoxy) is 2. The van der Waals surface area contributed by atoms with Crippen LogP contribution in [0.15, 0.2) is 6.07 Å². The van der Waals surface area contributed by atoms with Gasteiger partial charge in [0.2, 0.25) is 17.7 Å². The number of piperidine rings is 1. The number of anilines is 1. The molecule has 0 aromatic carbocycles. The zero-order valence-electron chi connectivity index (χ0n) is 10.9. The Balaban J connectivity index is 2.13. The lowest BCUT2D eigenvalue weighted by atomic mass is 9.97. The van der Waals surface area contributed by atoms with E-state index in [-0.39, 0.29) is 0 Å². The van der Waals surface area contributed by atoms with E-state index in [1.807, 2.05) is 0 Å². The number of nitrogens with two attached hydrogens (primary N) is 1. The summed E-state index contributed by atoms with van der Waals surface area (Å²) in [5.41, 5.74) is 5.69. The molecule has 0 saturated carbocycles. The SMILES string of the molecule is COc1cc(OC)nc(N2CCC(CN)CC2)n1. The van der Waals surface area contributed by atoms with Crippen LogP contribution in [0.4, 0.5) is 5.95 Å². The molecule has 0 spiro atoms. The van der Waals surface area contributed by atoms with Crippen molar-refractivity contribution in [2.75, 3.05) is 38.8 Å². The minimum absolute atomic E-state index is 0.526. The highest BCUT2D eigenvalue weighted by Crippen LogP contribution is 2.24. The highest BCUT2D eigenvalue weighted by molar-refractivity contribution is 5.37. The van der Waals surface area contributed by atoms with E-state index in [2.05, 4.69) is 14.9 Å². The fraction of sp³-hybridized carbons (Fsp3) is 0.667. The van der Waals surface area contributed by atoms with Crippen molar-refractivity contribution >= 4 is 5.95 Å². The molecule has 6 heteroatoms. The molecule has 1 aromatic heterocycles. The Labute approximate surface area is 107 Å². The number of hydrogen-bond acceptors (Lipinski definition) is 6. The van der Waals surface area contributed by atoms with Crippen LogP contribution in [0.25, 0.3) is 0 Å². The van der Waals surface area contributed by atoms with Crippen LogP contribution in [-0.2, 0) is 0 Å². The molecular formula is C12H20N4O2. The molecule has 2 heterocycles. The Bertz CT molecular complexity index is 369. The van der Waals surface area contributed by atoms with Crippen molar-refractivity contribution in [2.24, 2.45) is 11.7 Å². The van der Waals surface area contributed by atoms with Crippen molar-refractivity contribution in [1.29, 1.82) is 0 Å². The van der Waals surface area contributed by atoms with Crippen LogP contribution in [0, 0.1) is 5.92 Å². The quantitative estimate of drug-likeness (QED) is 0.849. The normalized spacial score (nSPS) is 16.7. The molecule has 1 aromatic rings. The van der Waals surface area contributed by atoms with E-state index in [9.17, 15) is 0 Å². The van der Waals surface area contributed by atoms with E-state index in [1.165, 1.54) is 0 Å². The van der Waals surface area contributed by atoms with E-state index in [0.29, 0.717) is 23.6 Å². The third-order valence-electron chi connectivity index (χ3n) is 3.32. The molecule has 1 fully saturated rings. The molecule has 100 valence electrons. The molecule has 1 saturated heterocycles. The van der Waals surface area contributed by atoms with Gasteiger partial charge in [-0.1, -0.05) is 0 Å². The fourth-order valence-corrected chi connectivity index (χ4v) is 2.11. The second-order valence-electron chi connectivity index (χ2n) is 4.42. The van der Waals surface area contributed by atoms with Crippen molar-refractivity contribution in [3.8, 4) is 11.8 Å². The van der Waals surface area contributed by atoms with Crippen LogP contribution in [0.2, 0.25) is 0 Å². The molecule has 2 N–H and O–H groups in total. The van der Waals surface area contributed by atoms with Gasteiger partial charge in [0.15, 0.2) is 0 Å². The van der Waals surface area contributed by atoms with Gasteiger partial charge in [0.25, 0.3) is 0 Å². The van der Waals surface area contributed by atoms with Gasteiger partial charge in [-0.2, -0.15) is 9.97 Å². The third-order valence-corrected chi connectivity index (χ3v) is 3.32. The minimum atomic E-state index is 0.526. The lowest BCUT2D eigenvalue weighted by Crippen LogP contribution is -2.37. The van der Waals surface area contributed by atoms with Crippen molar-refractivity contribution in [2.45, 2.75) is 12.8 Å². The van der Waals surface area contributed by atoms with Gasteiger partial charge in [-0.05, 0) is 25.3 Å². The van der Waals surface area contributed by atoms with E-state index in [0.717, 1.165) is 32.5 Å². The number of methoxy groups -OCH3 is 2. The number of hydrogen-bond donors (Lipinski definition) is 1.